The van der Waals surface area contributed by atoms with Crippen molar-refractivity contribution in [1.29, 1.82) is 0 Å². The summed E-state index contributed by atoms with van der Waals surface area (Å²) in [5.41, 5.74) is 7.88. The Bertz CT molecular complexity index is 1240. The molecule has 31 heavy (non-hydrogen) atoms. The largest absolute Gasteiger partial charge is 0.281 e. The number of benzene rings is 2. The normalized spacial score (nSPS) is 10.6. The maximum Gasteiger partial charge on any atom is 0.281 e. The third-order valence-electron chi connectivity index (χ3n) is 4.34. The van der Waals surface area contributed by atoms with Gasteiger partial charge < -0.3 is 0 Å². The first-order valence-corrected chi connectivity index (χ1v) is 11.4. The Morgan fingerprint density at radius 3 is 2.48 bits per heavy atom. The number of hydrogen-bond acceptors (Lipinski definition) is 6. The molecule has 2 aromatic carbocycles. The Kier molecular flexibility index (Phi) is 6.41. The van der Waals surface area contributed by atoms with Crippen LogP contribution < -0.4 is 10.9 Å². The number of hydrazine groups is 1. The van der Waals surface area contributed by atoms with Crippen molar-refractivity contribution in [3.63, 3.8) is 0 Å². The summed E-state index contributed by atoms with van der Waals surface area (Å²) in [5, 5.41) is 3.91. The van der Waals surface area contributed by atoms with Crippen LogP contribution >= 0.6 is 34.3 Å². The third kappa shape index (κ3) is 4.99. The average molecular weight is 469 g/mol. The van der Waals surface area contributed by atoms with Gasteiger partial charge in [-0.25, -0.2) is 9.97 Å². The number of halogens is 1. The Morgan fingerprint density at radius 1 is 0.968 bits per heavy atom. The Morgan fingerprint density at radius 2 is 1.71 bits per heavy atom. The molecule has 156 valence electrons. The fourth-order valence-electron chi connectivity index (χ4n) is 2.85. The van der Waals surface area contributed by atoms with Gasteiger partial charge in [0, 0.05) is 16.5 Å². The van der Waals surface area contributed by atoms with Crippen molar-refractivity contribution in [2.24, 2.45) is 0 Å². The minimum absolute atomic E-state index is 0.0399. The average Bonchev–Trinajstić information content (AvgIpc) is 3.40. The molecule has 2 N–H and O–H groups in total. The molecule has 0 radical (unpaired) electrons. The van der Waals surface area contributed by atoms with E-state index in [4.69, 9.17) is 11.6 Å². The zero-order chi connectivity index (χ0) is 21.8. The van der Waals surface area contributed by atoms with E-state index in [1.807, 2.05) is 48.5 Å². The van der Waals surface area contributed by atoms with E-state index in [-0.39, 0.29) is 12.3 Å². The zero-order valence-corrected chi connectivity index (χ0v) is 18.8. The van der Waals surface area contributed by atoms with E-state index in [0.717, 1.165) is 21.1 Å². The maximum absolute atomic E-state index is 12.5. The van der Waals surface area contributed by atoms with Gasteiger partial charge in [0.1, 0.15) is 14.9 Å². The van der Waals surface area contributed by atoms with Crippen LogP contribution in [-0.2, 0) is 11.2 Å². The van der Waals surface area contributed by atoms with Gasteiger partial charge in [0.15, 0.2) is 0 Å². The first-order valence-electron chi connectivity index (χ1n) is 9.32. The summed E-state index contributed by atoms with van der Waals surface area (Å²) in [7, 11) is 0. The van der Waals surface area contributed by atoms with Gasteiger partial charge in [-0.05, 0) is 13.0 Å². The van der Waals surface area contributed by atoms with Crippen LogP contribution in [0.2, 0.25) is 5.02 Å². The lowest BCUT2D eigenvalue weighted by atomic mass is 10.2. The number of amides is 2. The summed E-state index contributed by atoms with van der Waals surface area (Å²) in [6.45, 7) is 1.77. The van der Waals surface area contributed by atoms with Crippen LogP contribution in [0.4, 0.5) is 0 Å². The second-order valence-corrected chi connectivity index (χ2v) is 8.87. The van der Waals surface area contributed by atoms with Crippen LogP contribution in [0, 0.1) is 6.92 Å². The Hall–Kier alpha value is -3.07. The second kappa shape index (κ2) is 9.38. The molecule has 0 aliphatic heterocycles. The van der Waals surface area contributed by atoms with Crippen LogP contribution in [-0.4, -0.2) is 21.8 Å². The van der Waals surface area contributed by atoms with Crippen LogP contribution in [0.15, 0.2) is 60.0 Å². The van der Waals surface area contributed by atoms with E-state index < -0.39 is 5.91 Å². The molecule has 0 spiro atoms. The first kappa shape index (κ1) is 21.2. The van der Waals surface area contributed by atoms with Crippen molar-refractivity contribution < 1.29 is 9.59 Å². The smallest absolute Gasteiger partial charge is 0.273 e. The van der Waals surface area contributed by atoms with Crippen molar-refractivity contribution in [2.45, 2.75) is 13.3 Å². The minimum atomic E-state index is -0.402. The fourth-order valence-corrected chi connectivity index (χ4v) is 4.96. The van der Waals surface area contributed by atoms with Crippen molar-refractivity contribution in [1.82, 2.24) is 20.8 Å². The molecule has 0 fully saturated rings. The van der Waals surface area contributed by atoms with Crippen LogP contribution in [0.1, 0.15) is 21.1 Å². The maximum atomic E-state index is 12.5. The van der Waals surface area contributed by atoms with Crippen LogP contribution in [0.3, 0.4) is 0 Å². The third-order valence-corrected chi connectivity index (χ3v) is 6.80. The highest BCUT2D eigenvalue weighted by Gasteiger charge is 2.17. The molecule has 4 rings (SSSR count). The van der Waals surface area contributed by atoms with Gasteiger partial charge in [-0.3, -0.25) is 20.4 Å². The first-order chi connectivity index (χ1) is 15.0. The zero-order valence-electron chi connectivity index (χ0n) is 16.4. The molecule has 0 saturated carbocycles. The van der Waals surface area contributed by atoms with Gasteiger partial charge in [-0.2, -0.15) is 0 Å². The van der Waals surface area contributed by atoms with Crippen LogP contribution in [0.5, 0.6) is 0 Å². The number of aryl methyl sites for hydroxylation is 1. The van der Waals surface area contributed by atoms with Crippen molar-refractivity contribution >= 4 is 46.1 Å². The number of rotatable bonds is 5. The fraction of sp³-hybridized carbons (Fsp3) is 0.0909. The molecule has 0 bridgehead atoms. The van der Waals surface area contributed by atoms with Gasteiger partial charge in [0.05, 0.1) is 22.8 Å². The molecule has 6 nitrogen and oxygen atoms in total. The predicted molar refractivity (Wildman–Crippen MR) is 124 cm³/mol. The summed E-state index contributed by atoms with van der Waals surface area (Å²) >= 11 is 8.90. The van der Waals surface area contributed by atoms with Crippen molar-refractivity contribution in [2.75, 3.05) is 0 Å². The number of nitrogens with one attached hydrogen (secondary N) is 2. The lowest BCUT2D eigenvalue weighted by molar-refractivity contribution is -0.121. The van der Waals surface area contributed by atoms with E-state index in [0.29, 0.717) is 21.3 Å². The molecule has 0 aliphatic carbocycles. The predicted octanol–water partition coefficient (Wildman–Crippen LogP) is 4.90. The highest BCUT2D eigenvalue weighted by atomic mass is 35.5. The number of carbonyl (C=O) groups excluding carboxylic acids is 2. The molecule has 2 aromatic heterocycles. The van der Waals surface area contributed by atoms with E-state index in [2.05, 4.69) is 20.8 Å². The molecular weight excluding hydrogens is 452 g/mol. The van der Waals surface area contributed by atoms with Gasteiger partial charge in [-0.1, -0.05) is 60.1 Å². The number of carbonyl (C=O) groups is 2. The molecule has 2 heterocycles. The summed E-state index contributed by atoms with van der Waals surface area (Å²) in [6.07, 6.45) is 0.0399. The molecule has 0 atom stereocenters. The highest BCUT2D eigenvalue weighted by Crippen LogP contribution is 2.30. The summed E-state index contributed by atoms with van der Waals surface area (Å²) < 4.78 is 0. The number of nitrogens with zero attached hydrogens (tertiary/aromatic N) is 2. The molecule has 0 unspecified atom stereocenters. The highest BCUT2D eigenvalue weighted by molar-refractivity contribution is 7.17. The van der Waals surface area contributed by atoms with Crippen molar-refractivity contribution in [3.05, 3.63) is 81.3 Å². The lowest BCUT2D eigenvalue weighted by Crippen LogP contribution is -2.42. The van der Waals surface area contributed by atoms with E-state index in [1.54, 1.807) is 18.4 Å². The van der Waals surface area contributed by atoms with Gasteiger partial charge in [0.2, 0.25) is 5.91 Å². The number of thiazole rings is 2. The molecular formula is C22H17ClN4O2S2. The SMILES string of the molecule is Cc1nc(-c2ccccc2)sc1C(=O)NNC(=O)Cc1csc(-c2ccccc2Cl)n1. The topological polar surface area (TPSA) is 84.0 Å². The molecule has 2 amide bonds. The van der Waals surface area contributed by atoms with Gasteiger partial charge in [0.25, 0.3) is 5.91 Å². The van der Waals surface area contributed by atoms with Gasteiger partial charge >= 0.3 is 0 Å². The summed E-state index contributed by atoms with van der Waals surface area (Å²) in [5.74, 6) is -0.768. The van der Waals surface area contributed by atoms with Gasteiger partial charge in [-0.15, -0.1) is 22.7 Å². The molecule has 0 aliphatic rings. The monoisotopic (exact) mass is 468 g/mol. The van der Waals surface area contributed by atoms with E-state index in [9.17, 15) is 9.59 Å². The Labute approximate surface area is 191 Å². The lowest BCUT2D eigenvalue weighted by Gasteiger charge is -2.05. The van der Waals surface area contributed by atoms with E-state index >= 15 is 0 Å². The second-order valence-electron chi connectivity index (χ2n) is 6.60. The van der Waals surface area contributed by atoms with Crippen LogP contribution in [0.25, 0.3) is 21.1 Å². The summed E-state index contributed by atoms with van der Waals surface area (Å²) in [4.78, 5) is 34.2. The minimum Gasteiger partial charge on any atom is -0.273 e. The number of aromatic nitrogens is 2. The molecule has 4 aromatic rings. The quantitative estimate of drug-likeness (QED) is 0.408. The van der Waals surface area contributed by atoms with E-state index in [1.165, 1.54) is 22.7 Å². The summed E-state index contributed by atoms with van der Waals surface area (Å²) in [6, 6.07) is 17.0. The standard InChI is InChI=1S/C22H17ClN4O2S2/c1-13-19(31-21(24-13)14-7-3-2-4-8-14)20(29)27-26-18(28)11-15-12-30-22(25-15)16-9-5-6-10-17(16)23/h2-10,12H,11H2,1H3,(H,26,28)(H,27,29). The Balaban J connectivity index is 1.36. The number of hydrogen-bond donors (Lipinski definition) is 2. The molecule has 9 heteroatoms. The van der Waals surface area contributed by atoms with Crippen molar-refractivity contribution in [3.8, 4) is 21.1 Å². The molecule has 0 saturated heterocycles.